The van der Waals surface area contributed by atoms with Gasteiger partial charge in [0.05, 0.1) is 0 Å². The summed E-state index contributed by atoms with van der Waals surface area (Å²) in [5, 5.41) is 0. The summed E-state index contributed by atoms with van der Waals surface area (Å²) >= 11 is 4.97. The van der Waals surface area contributed by atoms with Gasteiger partial charge in [-0.1, -0.05) is 43.4 Å². The van der Waals surface area contributed by atoms with E-state index in [0.717, 1.165) is 18.0 Å². The van der Waals surface area contributed by atoms with Crippen LogP contribution >= 0.6 is 12.2 Å². The largest absolute Gasteiger partial charge is 0.389 e. The molecule has 1 aliphatic heterocycles. The molecular weight excluding hydrogens is 240 g/mol. The van der Waals surface area contributed by atoms with Gasteiger partial charge in [-0.3, -0.25) is 4.90 Å². The van der Waals surface area contributed by atoms with Crippen molar-refractivity contribution in [1.82, 2.24) is 4.90 Å². The van der Waals surface area contributed by atoms with Gasteiger partial charge in [-0.05, 0) is 37.8 Å². The van der Waals surface area contributed by atoms with Gasteiger partial charge in [0.15, 0.2) is 0 Å². The Kier molecular flexibility index (Phi) is 4.36. The molecule has 1 aromatic carbocycles. The Labute approximate surface area is 115 Å². The molecule has 1 saturated heterocycles. The molecule has 0 aliphatic carbocycles. The number of hydrogen-bond acceptors (Lipinski definition) is 2. The highest BCUT2D eigenvalue weighted by molar-refractivity contribution is 7.80. The molecule has 2 unspecified atom stereocenters. The number of hydrogen-bond donors (Lipinski definition) is 1. The van der Waals surface area contributed by atoms with Gasteiger partial charge in [-0.15, -0.1) is 0 Å². The topological polar surface area (TPSA) is 29.3 Å². The van der Waals surface area contributed by atoms with Crippen LogP contribution in [0.2, 0.25) is 0 Å². The minimum absolute atomic E-state index is 0.474. The molecule has 2 N–H and O–H groups in total. The van der Waals surface area contributed by atoms with Crippen LogP contribution in [0, 0.1) is 5.92 Å². The zero-order chi connectivity index (χ0) is 13.1. The van der Waals surface area contributed by atoms with E-state index in [1.54, 1.807) is 0 Å². The van der Waals surface area contributed by atoms with Gasteiger partial charge < -0.3 is 5.73 Å². The molecule has 98 valence electrons. The average molecular weight is 262 g/mol. The normalized spacial score (nSPS) is 25.0. The SMILES string of the molecule is CC1CCCN(Cc2ccc(C(N)=S)cc2)C1C. The third-order valence-corrected chi connectivity index (χ3v) is 4.36. The molecule has 0 bridgehead atoms. The van der Waals surface area contributed by atoms with E-state index in [-0.39, 0.29) is 0 Å². The molecule has 1 aliphatic rings. The summed E-state index contributed by atoms with van der Waals surface area (Å²) in [6, 6.07) is 9.00. The molecule has 1 heterocycles. The first-order valence-corrected chi connectivity index (χ1v) is 7.11. The van der Waals surface area contributed by atoms with Gasteiger partial charge in [0, 0.05) is 18.2 Å². The van der Waals surface area contributed by atoms with Crippen molar-refractivity contribution < 1.29 is 0 Å². The van der Waals surface area contributed by atoms with E-state index in [4.69, 9.17) is 18.0 Å². The predicted molar refractivity (Wildman–Crippen MR) is 80.6 cm³/mol. The first kappa shape index (κ1) is 13.5. The summed E-state index contributed by atoms with van der Waals surface area (Å²) in [5.41, 5.74) is 7.91. The van der Waals surface area contributed by atoms with E-state index in [9.17, 15) is 0 Å². The molecular formula is C15H22N2S. The number of nitrogens with two attached hydrogens (primary N) is 1. The maximum absolute atomic E-state index is 5.61. The van der Waals surface area contributed by atoms with Crippen LogP contribution in [-0.2, 0) is 6.54 Å². The van der Waals surface area contributed by atoms with Crippen LogP contribution in [0.15, 0.2) is 24.3 Å². The monoisotopic (exact) mass is 262 g/mol. The van der Waals surface area contributed by atoms with Gasteiger partial charge >= 0.3 is 0 Å². The van der Waals surface area contributed by atoms with E-state index >= 15 is 0 Å². The molecule has 0 radical (unpaired) electrons. The highest BCUT2D eigenvalue weighted by atomic mass is 32.1. The van der Waals surface area contributed by atoms with Crippen molar-refractivity contribution in [2.45, 2.75) is 39.3 Å². The van der Waals surface area contributed by atoms with Gasteiger partial charge in [-0.2, -0.15) is 0 Å². The van der Waals surface area contributed by atoms with E-state index in [1.165, 1.54) is 24.9 Å². The van der Waals surface area contributed by atoms with Crippen molar-refractivity contribution >= 4 is 17.2 Å². The number of likely N-dealkylation sites (tertiary alicyclic amines) is 1. The van der Waals surface area contributed by atoms with Crippen LogP contribution in [0.1, 0.15) is 37.8 Å². The summed E-state index contributed by atoms with van der Waals surface area (Å²) in [7, 11) is 0. The Bertz CT molecular complexity index is 413. The van der Waals surface area contributed by atoms with Crippen molar-refractivity contribution in [3.05, 3.63) is 35.4 Å². The quantitative estimate of drug-likeness (QED) is 0.849. The fraction of sp³-hybridized carbons (Fsp3) is 0.533. The van der Waals surface area contributed by atoms with Crippen molar-refractivity contribution in [1.29, 1.82) is 0 Å². The molecule has 1 aromatic rings. The highest BCUT2D eigenvalue weighted by Crippen LogP contribution is 2.24. The molecule has 3 heteroatoms. The number of rotatable bonds is 3. The minimum atomic E-state index is 0.474. The second kappa shape index (κ2) is 5.81. The van der Waals surface area contributed by atoms with Crippen LogP contribution in [0.3, 0.4) is 0 Å². The first-order valence-electron chi connectivity index (χ1n) is 6.70. The number of piperidine rings is 1. The van der Waals surface area contributed by atoms with Crippen molar-refractivity contribution in [2.75, 3.05) is 6.54 Å². The lowest BCUT2D eigenvalue weighted by Gasteiger charge is -2.38. The third kappa shape index (κ3) is 3.09. The van der Waals surface area contributed by atoms with E-state index in [0.29, 0.717) is 11.0 Å². The second-order valence-corrected chi connectivity index (χ2v) is 5.83. The summed E-state index contributed by atoms with van der Waals surface area (Å²) in [5.74, 6) is 0.801. The maximum Gasteiger partial charge on any atom is 0.103 e. The molecule has 1 fully saturated rings. The lowest BCUT2D eigenvalue weighted by atomic mass is 9.91. The fourth-order valence-corrected chi connectivity index (χ4v) is 2.79. The summed E-state index contributed by atoms with van der Waals surface area (Å²) in [6.45, 7) is 6.94. The fourth-order valence-electron chi connectivity index (χ4n) is 2.65. The van der Waals surface area contributed by atoms with Gasteiger partial charge in [0.2, 0.25) is 0 Å². The average Bonchev–Trinajstić information content (AvgIpc) is 2.36. The maximum atomic E-state index is 5.61. The Balaban J connectivity index is 2.02. The molecule has 2 nitrogen and oxygen atoms in total. The number of benzene rings is 1. The molecule has 0 amide bonds. The molecule has 0 saturated carbocycles. The predicted octanol–water partition coefficient (Wildman–Crippen LogP) is 2.94. The van der Waals surface area contributed by atoms with Gasteiger partial charge in [-0.25, -0.2) is 0 Å². The van der Waals surface area contributed by atoms with Gasteiger partial charge in [0.25, 0.3) is 0 Å². The first-order chi connectivity index (χ1) is 8.58. The summed E-state index contributed by atoms with van der Waals surface area (Å²) < 4.78 is 0. The van der Waals surface area contributed by atoms with Crippen LogP contribution < -0.4 is 5.73 Å². The Morgan fingerprint density at radius 1 is 1.33 bits per heavy atom. The third-order valence-electron chi connectivity index (χ3n) is 4.13. The minimum Gasteiger partial charge on any atom is -0.389 e. The number of nitrogens with zero attached hydrogens (tertiary/aromatic N) is 1. The zero-order valence-corrected chi connectivity index (χ0v) is 12.0. The molecule has 2 atom stereocenters. The number of thiocarbonyl (C=S) groups is 1. The molecule has 0 spiro atoms. The van der Waals surface area contributed by atoms with Crippen molar-refractivity contribution in [2.24, 2.45) is 11.7 Å². The standard InChI is InChI=1S/C15H22N2S/c1-11-4-3-9-17(12(11)2)10-13-5-7-14(8-6-13)15(16)18/h5-8,11-12H,3-4,9-10H2,1-2H3,(H2,16,18). The van der Waals surface area contributed by atoms with Crippen molar-refractivity contribution in [3.8, 4) is 0 Å². The van der Waals surface area contributed by atoms with Crippen LogP contribution in [0.5, 0.6) is 0 Å². The second-order valence-electron chi connectivity index (χ2n) is 5.39. The lowest BCUT2D eigenvalue weighted by molar-refractivity contribution is 0.106. The Hall–Kier alpha value is -0.930. The van der Waals surface area contributed by atoms with Crippen molar-refractivity contribution in [3.63, 3.8) is 0 Å². The van der Waals surface area contributed by atoms with E-state index < -0.39 is 0 Å². The Morgan fingerprint density at radius 2 is 2.00 bits per heavy atom. The van der Waals surface area contributed by atoms with Gasteiger partial charge in [0.1, 0.15) is 4.99 Å². The highest BCUT2D eigenvalue weighted by Gasteiger charge is 2.24. The van der Waals surface area contributed by atoms with Crippen LogP contribution in [0.25, 0.3) is 0 Å². The molecule has 2 rings (SSSR count). The molecule has 0 aromatic heterocycles. The van der Waals surface area contributed by atoms with Crippen LogP contribution in [0.4, 0.5) is 0 Å². The smallest absolute Gasteiger partial charge is 0.103 e. The molecule has 18 heavy (non-hydrogen) atoms. The van der Waals surface area contributed by atoms with Crippen LogP contribution in [-0.4, -0.2) is 22.5 Å². The zero-order valence-electron chi connectivity index (χ0n) is 11.2. The lowest BCUT2D eigenvalue weighted by Crippen LogP contribution is -2.41. The Morgan fingerprint density at radius 3 is 2.61 bits per heavy atom. The van der Waals surface area contributed by atoms with E-state index in [1.807, 2.05) is 12.1 Å². The summed E-state index contributed by atoms with van der Waals surface area (Å²) in [6.07, 6.45) is 2.68. The summed E-state index contributed by atoms with van der Waals surface area (Å²) in [4.78, 5) is 3.05. The van der Waals surface area contributed by atoms with E-state index in [2.05, 4.69) is 30.9 Å².